The van der Waals surface area contributed by atoms with Gasteiger partial charge in [-0.3, -0.25) is 9.48 Å². The van der Waals surface area contributed by atoms with E-state index in [4.69, 9.17) is 0 Å². The lowest BCUT2D eigenvalue weighted by molar-refractivity contribution is 0.0761. The van der Waals surface area contributed by atoms with Crippen molar-refractivity contribution in [1.82, 2.24) is 20.0 Å². The third kappa shape index (κ3) is 3.35. The lowest BCUT2D eigenvalue weighted by atomic mass is 9.97. The average molecular weight is 264 g/mol. The molecule has 1 fully saturated rings. The second-order valence-electron chi connectivity index (χ2n) is 5.40. The maximum absolute atomic E-state index is 12.5. The molecule has 0 saturated carbocycles. The third-order valence-corrected chi connectivity index (χ3v) is 3.81. The molecule has 2 rings (SSSR count). The van der Waals surface area contributed by atoms with Crippen molar-refractivity contribution in [2.75, 3.05) is 26.7 Å². The monoisotopic (exact) mass is 264 g/mol. The van der Waals surface area contributed by atoms with Crippen molar-refractivity contribution in [1.29, 1.82) is 0 Å². The number of rotatable bonds is 4. The Morgan fingerprint density at radius 2 is 2.21 bits per heavy atom. The maximum Gasteiger partial charge on any atom is 0.257 e. The maximum atomic E-state index is 12.5. The molecule has 1 aliphatic heterocycles. The van der Waals surface area contributed by atoms with Crippen LogP contribution in [-0.2, 0) is 13.5 Å². The molecular weight excluding hydrogens is 240 g/mol. The van der Waals surface area contributed by atoms with E-state index in [1.165, 1.54) is 0 Å². The Morgan fingerprint density at radius 1 is 1.53 bits per heavy atom. The van der Waals surface area contributed by atoms with Gasteiger partial charge in [0.1, 0.15) is 0 Å². The Balaban J connectivity index is 2.01. The van der Waals surface area contributed by atoms with E-state index in [0.29, 0.717) is 5.92 Å². The van der Waals surface area contributed by atoms with Crippen LogP contribution in [0.3, 0.4) is 0 Å². The predicted molar refractivity (Wildman–Crippen MR) is 75.1 cm³/mol. The van der Waals surface area contributed by atoms with Crippen molar-refractivity contribution in [3.63, 3.8) is 0 Å². The molecule has 1 saturated heterocycles. The number of hydrogen-bond donors (Lipinski definition) is 1. The normalized spacial score (nSPS) is 16.6. The first-order valence-electron chi connectivity index (χ1n) is 7.10. The fourth-order valence-corrected chi connectivity index (χ4v) is 2.71. The van der Waals surface area contributed by atoms with Crippen LogP contribution in [0.15, 0.2) is 6.20 Å². The van der Waals surface area contributed by atoms with Gasteiger partial charge in [0.2, 0.25) is 0 Å². The minimum atomic E-state index is 0.100. The van der Waals surface area contributed by atoms with Crippen molar-refractivity contribution in [3.05, 3.63) is 17.5 Å². The summed E-state index contributed by atoms with van der Waals surface area (Å²) in [4.78, 5) is 14.3. The summed E-state index contributed by atoms with van der Waals surface area (Å²) in [5, 5.41) is 7.69. The topological polar surface area (TPSA) is 50.2 Å². The van der Waals surface area contributed by atoms with Crippen molar-refractivity contribution in [2.45, 2.75) is 26.2 Å². The number of carbonyl (C=O) groups is 1. The van der Waals surface area contributed by atoms with Crippen molar-refractivity contribution in [2.24, 2.45) is 13.0 Å². The van der Waals surface area contributed by atoms with E-state index in [0.717, 1.165) is 50.2 Å². The second-order valence-corrected chi connectivity index (χ2v) is 5.40. The first-order chi connectivity index (χ1) is 9.11. The molecule has 2 heterocycles. The molecule has 5 nitrogen and oxygen atoms in total. The highest BCUT2D eigenvalue weighted by atomic mass is 16.2. The van der Waals surface area contributed by atoms with Gasteiger partial charge in [0, 0.05) is 26.8 Å². The number of nitrogens with one attached hydrogen (secondary N) is 1. The molecule has 5 heteroatoms. The number of piperidine rings is 1. The molecule has 1 N–H and O–H groups in total. The largest absolute Gasteiger partial charge is 0.341 e. The summed E-state index contributed by atoms with van der Waals surface area (Å²) in [6.45, 7) is 5.02. The molecule has 0 aromatic carbocycles. The van der Waals surface area contributed by atoms with E-state index in [9.17, 15) is 4.79 Å². The molecule has 0 atom stereocenters. The molecule has 0 radical (unpaired) electrons. The Bertz CT molecular complexity index is 435. The lowest BCUT2D eigenvalue weighted by Crippen LogP contribution is -2.37. The van der Waals surface area contributed by atoms with Crippen LogP contribution >= 0.6 is 0 Å². The number of amides is 1. The zero-order valence-electron chi connectivity index (χ0n) is 12.1. The summed E-state index contributed by atoms with van der Waals surface area (Å²) in [5.41, 5.74) is 1.64. The molecule has 1 aliphatic rings. The molecular formula is C14H24N4O. The summed E-state index contributed by atoms with van der Waals surface area (Å²) < 4.78 is 1.73. The highest BCUT2D eigenvalue weighted by Gasteiger charge is 2.22. The standard InChI is InChI=1S/C14H24N4O/c1-4-13-12(10-18(3)16-13)14(19)17(2)9-11-5-7-15-8-6-11/h10-11,15H,4-9H2,1-3H3. The van der Waals surface area contributed by atoms with Gasteiger partial charge in [-0.1, -0.05) is 6.92 Å². The van der Waals surface area contributed by atoms with Gasteiger partial charge in [-0.25, -0.2) is 0 Å². The van der Waals surface area contributed by atoms with Crippen LogP contribution in [0.25, 0.3) is 0 Å². The van der Waals surface area contributed by atoms with E-state index in [-0.39, 0.29) is 5.91 Å². The minimum Gasteiger partial charge on any atom is -0.341 e. The van der Waals surface area contributed by atoms with Crippen LogP contribution in [0.2, 0.25) is 0 Å². The fourth-order valence-electron chi connectivity index (χ4n) is 2.71. The van der Waals surface area contributed by atoms with Gasteiger partial charge in [0.05, 0.1) is 11.3 Å². The number of aromatic nitrogens is 2. The molecule has 1 amide bonds. The SMILES string of the molecule is CCc1nn(C)cc1C(=O)N(C)CC1CCNCC1. The number of nitrogens with zero attached hydrogens (tertiary/aromatic N) is 3. The van der Waals surface area contributed by atoms with Gasteiger partial charge >= 0.3 is 0 Å². The van der Waals surface area contributed by atoms with Crippen LogP contribution in [0.1, 0.15) is 35.8 Å². The van der Waals surface area contributed by atoms with E-state index in [1.54, 1.807) is 4.68 Å². The molecule has 0 bridgehead atoms. The quantitative estimate of drug-likeness (QED) is 0.884. The lowest BCUT2D eigenvalue weighted by Gasteiger charge is -2.27. The smallest absolute Gasteiger partial charge is 0.257 e. The summed E-state index contributed by atoms with van der Waals surface area (Å²) in [5.74, 6) is 0.723. The summed E-state index contributed by atoms with van der Waals surface area (Å²) in [6.07, 6.45) is 4.94. The van der Waals surface area contributed by atoms with Gasteiger partial charge < -0.3 is 10.2 Å². The van der Waals surface area contributed by atoms with E-state index in [2.05, 4.69) is 10.4 Å². The number of aryl methyl sites for hydroxylation is 2. The van der Waals surface area contributed by atoms with Gasteiger partial charge in [0.25, 0.3) is 5.91 Å². The molecule has 19 heavy (non-hydrogen) atoms. The summed E-state index contributed by atoms with van der Waals surface area (Å²) in [6, 6.07) is 0. The van der Waals surface area contributed by atoms with Crippen LogP contribution in [0.5, 0.6) is 0 Å². The highest BCUT2D eigenvalue weighted by molar-refractivity contribution is 5.95. The zero-order valence-corrected chi connectivity index (χ0v) is 12.1. The number of hydrogen-bond acceptors (Lipinski definition) is 3. The first kappa shape index (κ1) is 14.1. The van der Waals surface area contributed by atoms with Crippen LogP contribution in [0.4, 0.5) is 0 Å². The van der Waals surface area contributed by atoms with Crippen LogP contribution in [-0.4, -0.2) is 47.3 Å². The fraction of sp³-hybridized carbons (Fsp3) is 0.714. The first-order valence-corrected chi connectivity index (χ1v) is 7.10. The average Bonchev–Trinajstić information content (AvgIpc) is 2.80. The molecule has 1 aromatic rings. The van der Waals surface area contributed by atoms with E-state index >= 15 is 0 Å². The van der Waals surface area contributed by atoms with Gasteiger partial charge in [0.15, 0.2) is 0 Å². The summed E-state index contributed by atoms with van der Waals surface area (Å²) in [7, 11) is 3.76. The summed E-state index contributed by atoms with van der Waals surface area (Å²) >= 11 is 0. The van der Waals surface area contributed by atoms with Gasteiger partial charge in [-0.2, -0.15) is 5.10 Å². The highest BCUT2D eigenvalue weighted by Crippen LogP contribution is 2.16. The van der Waals surface area contributed by atoms with E-state index < -0.39 is 0 Å². The Labute approximate surface area is 115 Å². The zero-order chi connectivity index (χ0) is 13.8. The molecule has 0 spiro atoms. The Hall–Kier alpha value is -1.36. The van der Waals surface area contributed by atoms with Crippen LogP contribution in [0, 0.1) is 5.92 Å². The van der Waals surface area contributed by atoms with Gasteiger partial charge in [-0.05, 0) is 38.3 Å². The van der Waals surface area contributed by atoms with E-state index in [1.807, 2.05) is 32.1 Å². The van der Waals surface area contributed by atoms with Crippen molar-refractivity contribution in [3.8, 4) is 0 Å². The second kappa shape index (κ2) is 6.19. The predicted octanol–water partition coefficient (Wildman–Crippen LogP) is 1.05. The third-order valence-electron chi connectivity index (χ3n) is 3.81. The molecule has 0 aliphatic carbocycles. The Kier molecular flexibility index (Phi) is 4.58. The van der Waals surface area contributed by atoms with Crippen molar-refractivity contribution >= 4 is 5.91 Å². The van der Waals surface area contributed by atoms with Gasteiger partial charge in [-0.15, -0.1) is 0 Å². The molecule has 106 valence electrons. The van der Waals surface area contributed by atoms with Crippen molar-refractivity contribution < 1.29 is 4.79 Å². The molecule has 0 unspecified atom stereocenters. The minimum absolute atomic E-state index is 0.100. The Morgan fingerprint density at radius 3 is 2.84 bits per heavy atom. The number of carbonyl (C=O) groups excluding carboxylic acids is 1. The molecule has 1 aromatic heterocycles. The van der Waals surface area contributed by atoms with Crippen LogP contribution < -0.4 is 5.32 Å².